The molecule has 1 saturated carbocycles. The third kappa shape index (κ3) is 2.98. The molecule has 0 radical (unpaired) electrons. The van der Waals surface area contributed by atoms with Crippen molar-refractivity contribution in [1.29, 1.82) is 0 Å². The molecule has 0 heterocycles. The molecule has 0 saturated heterocycles. The topological polar surface area (TPSA) is 87.7 Å². The molecule has 1 aliphatic carbocycles. The number of amides is 1. The third-order valence-electron chi connectivity index (χ3n) is 2.99. The second-order valence-corrected chi connectivity index (χ2v) is 4.44. The number of carbonyl (C=O) groups is 1. The third-order valence-corrected chi connectivity index (χ3v) is 2.99. The van der Waals surface area contributed by atoms with Crippen LogP contribution in [0.5, 0.6) is 0 Å². The van der Waals surface area contributed by atoms with Crippen LogP contribution in [0.3, 0.4) is 0 Å². The fraction of sp³-hybridized carbons (Fsp3) is 0.333. The lowest BCUT2D eigenvalue weighted by molar-refractivity contribution is 0.0938. The Kier molecular flexibility index (Phi) is 3.64. The quantitative estimate of drug-likeness (QED) is 0.332. The first kappa shape index (κ1) is 13.3. The highest BCUT2D eigenvalue weighted by Gasteiger charge is 2.35. The first-order valence-corrected chi connectivity index (χ1v) is 5.76. The highest BCUT2D eigenvalue weighted by atomic mass is 19.1. The van der Waals surface area contributed by atoms with Crippen LogP contribution < -0.4 is 11.1 Å². The maximum Gasteiger partial charge on any atom is 0.254 e. The summed E-state index contributed by atoms with van der Waals surface area (Å²) in [5.41, 5.74) is 5.20. The van der Waals surface area contributed by atoms with Crippen molar-refractivity contribution in [2.45, 2.75) is 18.9 Å². The van der Waals surface area contributed by atoms with E-state index in [2.05, 4.69) is 10.5 Å². The Balaban J connectivity index is 2.15. The van der Waals surface area contributed by atoms with E-state index in [0.717, 1.165) is 25.0 Å². The predicted molar refractivity (Wildman–Crippen MR) is 63.7 cm³/mol. The number of rotatable bonds is 4. The van der Waals surface area contributed by atoms with Crippen molar-refractivity contribution in [3.8, 4) is 0 Å². The van der Waals surface area contributed by atoms with Crippen LogP contribution in [-0.2, 0) is 0 Å². The standard InChI is InChI=1S/C12H13F2N3O2/c13-7-3-4-8(9(14)5-7)12(18)16-10(6-1-2-6)11(15)17-19/h3-6,10,19H,1-2H2,(H2,15,17)(H,16,18). The van der Waals surface area contributed by atoms with Gasteiger partial charge < -0.3 is 16.3 Å². The normalized spacial score (nSPS) is 17.1. The molecular formula is C12H13F2N3O2. The molecule has 1 amide bonds. The Hall–Kier alpha value is -2.18. The number of amidine groups is 1. The number of nitrogens with two attached hydrogens (primary N) is 1. The van der Waals surface area contributed by atoms with Crippen molar-refractivity contribution in [2.24, 2.45) is 16.8 Å². The number of carbonyl (C=O) groups excluding carboxylic acids is 1. The van der Waals surface area contributed by atoms with Crippen LogP contribution >= 0.6 is 0 Å². The van der Waals surface area contributed by atoms with Gasteiger partial charge in [-0.1, -0.05) is 5.16 Å². The lowest BCUT2D eigenvalue weighted by Crippen LogP contribution is -2.46. The lowest BCUT2D eigenvalue weighted by Gasteiger charge is -2.16. The van der Waals surface area contributed by atoms with Crippen LogP contribution in [0.4, 0.5) is 8.78 Å². The summed E-state index contributed by atoms with van der Waals surface area (Å²) in [5, 5.41) is 14.0. The monoisotopic (exact) mass is 269 g/mol. The summed E-state index contributed by atoms with van der Waals surface area (Å²) in [6, 6.07) is 2.04. The molecule has 1 aromatic rings. The summed E-state index contributed by atoms with van der Waals surface area (Å²) in [4.78, 5) is 11.9. The zero-order valence-electron chi connectivity index (χ0n) is 9.94. The Labute approximate surface area is 108 Å². The molecule has 1 atom stereocenters. The van der Waals surface area contributed by atoms with Crippen LogP contribution in [-0.4, -0.2) is 23.0 Å². The van der Waals surface area contributed by atoms with Gasteiger partial charge in [-0.3, -0.25) is 4.79 Å². The van der Waals surface area contributed by atoms with Crippen LogP contribution in [0, 0.1) is 17.6 Å². The van der Waals surface area contributed by atoms with E-state index in [4.69, 9.17) is 10.9 Å². The van der Waals surface area contributed by atoms with Crippen LogP contribution in [0.2, 0.25) is 0 Å². The van der Waals surface area contributed by atoms with E-state index in [1.165, 1.54) is 0 Å². The van der Waals surface area contributed by atoms with E-state index in [1.807, 2.05) is 0 Å². The molecule has 0 spiro atoms. The molecule has 7 heteroatoms. The average molecular weight is 269 g/mol. The largest absolute Gasteiger partial charge is 0.409 e. The minimum absolute atomic E-state index is 0.0864. The van der Waals surface area contributed by atoms with Gasteiger partial charge in [0.05, 0.1) is 11.6 Å². The highest BCUT2D eigenvalue weighted by molar-refractivity contribution is 5.98. The summed E-state index contributed by atoms with van der Waals surface area (Å²) >= 11 is 0. The van der Waals surface area contributed by atoms with E-state index in [0.29, 0.717) is 6.07 Å². The Morgan fingerprint density at radius 1 is 1.47 bits per heavy atom. The molecule has 19 heavy (non-hydrogen) atoms. The van der Waals surface area contributed by atoms with Crippen molar-refractivity contribution < 1.29 is 18.8 Å². The SMILES string of the molecule is NC(=NO)C(NC(=O)c1ccc(F)cc1F)C1CC1. The number of nitrogens with one attached hydrogen (secondary N) is 1. The fourth-order valence-electron chi connectivity index (χ4n) is 1.82. The molecule has 2 rings (SSSR count). The van der Waals surface area contributed by atoms with Gasteiger partial charge in [0, 0.05) is 6.07 Å². The Bertz CT molecular complexity index is 530. The maximum atomic E-state index is 13.4. The zero-order chi connectivity index (χ0) is 14.0. The summed E-state index contributed by atoms with van der Waals surface area (Å²) in [6.07, 6.45) is 1.68. The summed E-state index contributed by atoms with van der Waals surface area (Å²) in [5.74, 6) is -2.47. The molecule has 1 fully saturated rings. The van der Waals surface area contributed by atoms with Gasteiger partial charge >= 0.3 is 0 Å². The zero-order valence-corrected chi connectivity index (χ0v) is 9.94. The molecule has 1 unspecified atom stereocenters. The van der Waals surface area contributed by atoms with Crippen LogP contribution in [0.15, 0.2) is 23.4 Å². The number of benzene rings is 1. The van der Waals surface area contributed by atoms with Gasteiger partial charge in [0.1, 0.15) is 11.6 Å². The molecular weight excluding hydrogens is 256 g/mol. The van der Waals surface area contributed by atoms with Crippen LogP contribution in [0.1, 0.15) is 23.2 Å². The number of hydrogen-bond donors (Lipinski definition) is 3. The number of halogens is 2. The smallest absolute Gasteiger partial charge is 0.254 e. The highest BCUT2D eigenvalue weighted by Crippen LogP contribution is 2.32. The van der Waals surface area contributed by atoms with Gasteiger partial charge in [-0.05, 0) is 30.9 Å². The molecule has 1 aromatic carbocycles. The second kappa shape index (κ2) is 5.21. The summed E-state index contributed by atoms with van der Waals surface area (Å²) < 4.78 is 26.2. The minimum atomic E-state index is -0.952. The van der Waals surface area contributed by atoms with Gasteiger partial charge in [0.15, 0.2) is 5.84 Å². The summed E-state index contributed by atoms with van der Waals surface area (Å²) in [7, 11) is 0. The molecule has 0 aliphatic heterocycles. The first-order chi connectivity index (χ1) is 9.02. The Morgan fingerprint density at radius 2 is 2.16 bits per heavy atom. The molecule has 0 aromatic heterocycles. The van der Waals surface area contributed by atoms with Crippen molar-refractivity contribution in [3.63, 3.8) is 0 Å². The minimum Gasteiger partial charge on any atom is -0.409 e. The molecule has 1 aliphatic rings. The predicted octanol–water partition coefficient (Wildman–Crippen LogP) is 1.22. The molecule has 4 N–H and O–H groups in total. The molecule has 0 bridgehead atoms. The van der Waals surface area contributed by atoms with E-state index in [9.17, 15) is 13.6 Å². The average Bonchev–Trinajstić information content (AvgIpc) is 3.19. The Morgan fingerprint density at radius 3 is 2.68 bits per heavy atom. The lowest BCUT2D eigenvalue weighted by atomic mass is 10.1. The first-order valence-electron chi connectivity index (χ1n) is 5.76. The number of hydrogen-bond acceptors (Lipinski definition) is 3. The van der Waals surface area contributed by atoms with E-state index >= 15 is 0 Å². The van der Waals surface area contributed by atoms with Crippen molar-refractivity contribution in [1.82, 2.24) is 5.32 Å². The van der Waals surface area contributed by atoms with Crippen LogP contribution in [0.25, 0.3) is 0 Å². The van der Waals surface area contributed by atoms with Crippen molar-refractivity contribution >= 4 is 11.7 Å². The van der Waals surface area contributed by atoms with E-state index in [-0.39, 0.29) is 17.3 Å². The fourth-order valence-corrected chi connectivity index (χ4v) is 1.82. The second-order valence-electron chi connectivity index (χ2n) is 4.44. The van der Waals surface area contributed by atoms with E-state index in [1.54, 1.807) is 0 Å². The number of nitrogens with zero attached hydrogens (tertiary/aromatic N) is 1. The number of oxime groups is 1. The summed E-state index contributed by atoms with van der Waals surface area (Å²) in [6.45, 7) is 0. The van der Waals surface area contributed by atoms with Gasteiger partial charge in [-0.15, -0.1) is 0 Å². The van der Waals surface area contributed by atoms with Gasteiger partial charge in [-0.2, -0.15) is 0 Å². The molecule has 102 valence electrons. The van der Waals surface area contributed by atoms with Crippen molar-refractivity contribution in [2.75, 3.05) is 0 Å². The van der Waals surface area contributed by atoms with Gasteiger partial charge in [0.25, 0.3) is 5.91 Å². The molecule has 5 nitrogen and oxygen atoms in total. The van der Waals surface area contributed by atoms with Gasteiger partial charge in [-0.25, -0.2) is 8.78 Å². The maximum absolute atomic E-state index is 13.4. The van der Waals surface area contributed by atoms with Gasteiger partial charge in [0.2, 0.25) is 0 Å². The van der Waals surface area contributed by atoms with Crippen molar-refractivity contribution in [3.05, 3.63) is 35.4 Å². The van der Waals surface area contributed by atoms with E-state index < -0.39 is 23.6 Å².